The van der Waals surface area contributed by atoms with Crippen molar-refractivity contribution in [1.82, 2.24) is 19.6 Å². The van der Waals surface area contributed by atoms with Crippen molar-refractivity contribution in [3.05, 3.63) is 0 Å². The van der Waals surface area contributed by atoms with Crippen LogP contribution in [0.5, 0.6) is 0 Å². The number of rotatable bonds is 8. The van der Waals surface area contributed by atoms with Crippen molar-refractivity contribution in [2.45, 2.75) is 0 Å². The summed E-state index contributed by atoms with van der Waals surface area (Å²) in [5.74, 6) is -4.08. The van der Waals surface area contributed by atoms with Gasteiger partial charge in [-0.3, -0.25) is 38.8 Å². The van der Waals surface area contributed by atoms with Gasteiger partial charge >= 0.3 is 23.9 Å². The number of aliphatic carboxylic acids is 4. The van der Waals surface area contributed by atoms with E-state index in [1.165, 1.54) is 0 Å². The van der Waals surface area contributed by atoms with Crippen LogP contribution in [0.4, 0.5) is 0 Å². The van der Waals surface area contributed by atoms with E-state index in [9.17, 15) is 19.2 Å². The second kappa shape index (κ2) is 14.3. The molecule has 0 bridgehead atoms. The van der Waals surface area contributed by atoms with E-state index in [-0.39, 0.29) is 45.7 Å². The van der Waals surface area contributed by atoms with Crippen LogP contribution in [0.2, 0.25) is 0 Å². The Hall–Kier alpha value is -1.66. The fraction of sp³-hybridized carbons (Fsp3) is 0.750. The zero-order valence-corrected chi connectivity index (χ0v) is 19.4. The summed E-state index contributed by atoms with van der Waals surface area (Å²) >= 11 is 0. The maximum atomic E-state index is 11.1. The molecule has 0 radical (unpaired) electrons. The first-order chi connectivity index (χ1) is 13.2. The topological polar surface area (TPSA) is 162 Å². The van der Waals surface area contributed by atoms with Crippen LogP contribution in [0.3, 0.4) is 0 Å². The molecule has 0 aromatic carbocycles. The molecular weight excluding hydrogens is 442 g/mol. The molecule has 0 saturated carbocycles. The molecule has 0 unspecified atom stereocenters. The van der Waals surface area contributed by atoms with Gasteiger partial charge in [-0.1, -0.05) is 0 Å². The quantitative estimate of drug-likeness (QED) is 0.278. The summed E-state index contributed by atoms with van der Waals surface area (Å²) < 4.78 is 0. The van der Waals surface area contributed by atoms with E-state index in [1.54, 1.807) is 19.6 Å². The minimum absolute atomic E-state index is 0. The fourth-order valence-electron chi connectivity index (χ4n) is 2.98. The van der Waals surface area contributed by atoms with E-state index in [2.05, 4.69) is 0 Å². The summed E-state index contributed by atoms with van der Waals surface area (Å²) in [4.78, 5) is 50.9. The molecule has 1 heterocycles. The van der Waals surface area contributed by atoms with Crippen LogP contribution in [0.1, 0.15) is 0 Å². The Labute approximate surface area is 181 Å². The minimum Gasteiger partial charge on any atom is -0.480 e. The maximum absolute atomic E-state index is 11.1. The van der Waals surface area contributed by atoms with Crippen molar-refractivity contribution in [2.75, 3.05) is 78.5 Å². The molecule has 0 atom stereocenters. The maximum Gasteiger partial charge on any atom is 0.317 e. The van der Waals surface area contributed by atoms with Gasteiger partial charge in [-0.25, -0.2) is 0 Å². The second-order valence-corrected chi connectivity index (χ2v) is 6.68. The van der Waals surface area contributed by atoms with Crippen LogP contribution in [0.15, 0.2) is 0 Å². The number of hydrogen-bond acceptors (Lipinski definition) is 8. The third kappa shape index (κ3) is 13.2. The van der Waals surface area contributed by atoms with Crippen molar-refractivity contribution in [3.8, 4) is 0 Å². The predicted octanol–water partition coefficient (Wildman–Crippen LogP) is -2.46. The average molecular weight is 470 g/mol. The minimum atomic E-state index is -1.02. The first kappa shape index (κ1) is 27.3. The number of hydrogen-bond donors (Lipinski definition) is 4. The van der Waals surface area contributed by atoms with E-state index in [4.69, 9.17) is 20.4 Å². The van der Waals surface area contributed by atoms with Gasteiger partial charge in [0.15, 0.2) is 0 Å². The Morgan fingerprint density at radius 1 is 0.448 bits per heavy atom. The Morgan fingerprint density at radius 2 is 0.586 bits per heavy atom. The molecule has 0 amide bonds. The van der Waals surface area contributed by atoms with Crippen LogP contribution in [0, 0.1) is 0 Å². The zero-order valence-electron chi connectivity index (χ0n) is 16.4. The summed E-state index contributed by atoms with van der Waals surface area (Å²) in [6.07, 6.45) is 0. The molecular formula is C16H28N4O8Zn. The van der Waals surface area contributed by atoms with Gasteiger partial charge in [0.05, 0.1) is 26.2 Å². The molecule has 1 fully saturated rings. The molecule has 1 aliphatic heterocycles. The average Bonchev–Trinajstić information content (AvgIpc) is 2.55. The van der Waals surface area contributed by atoms with Crippen LogP contribution >= 0.6 is 0 Å². The largest absolute Gasteiger partial charge is 0.480 e. The van der Waals surface area contributed by atoms with Crippen molar-refractivity contribution < 1.29 is 59.1 Å². The van der Waals surface area contributed by atoms with Crippen molar-refractivity contribution in [2.24, 2.45) is 0 Å². The van der Waals surface area contributed by atoms with E-state index in [0.29, 0.717) is 52.4 Å². The molecule has 13 heteroatoms. The molecule has 162 valence electrons. The van der Waals surface area contributed by atoms with Crippen molar-refractivity contribution in [3.63, 3.8) is 0 Å². The van der Waals surface area contributed by atoms with Crippen molar-refractivity contribution >= 4 is 23.9 Å². The fourth-order valence-corrected chi connectivity index (χ4v) is 2.98. The third-order valence-electron chi connectivity index (χ3n) is 4.37. The first-order valence-corrected chi connectivity index (χ1v) is 8.92. The van der Waals surface area contributed by atoms with E-state index in [1.807, 2.05) is 0 Å². The molecule has 1 aliphatic rings. The predicted molar refractivity (Wildman–Crippen MR) is 96.3 cm³/mol. The van der Waals surface area contributed by atoms with E-state index in [0.717, 1.165) is 0 Å². The van der Waals surface area contributed by atoms with Crippen LogP contribution in [0.25, 0.3) is 0 Å². The molecule has 4 N–H and O–H groups in total. The van der Waals surface area contributed by atoms with Crippen molar-refractivity contribution in [1.29, 1.82) is 0 Å². The van der Waals surface area contributed by atoms with Gasteiger partial charge < -0.3 is 20.4 Å². The molecule has 12 nitrogen and oxygen atoms in total. The van der Waals surface area contributed by atoms with Gasteiger partial charge in [0, 0.05) is 71.8 Å². The normalized spacial score (nSPS) is 18.8. The van der Waals surface area contributed by atoms with Gasteiger partial charge in [0.1, 0.15) is 0 Å². The molecule has 0 spiro atoms. The van der Waals surface area contributed by atoms with Crippen LogP contribution in [-0.4, -0.2) is 142 Å². The van der Waals surface area contributed by atoms with Gasteiger partial charge in [0.25, 0.3) is 0 Å². The first-order valence-electron chi connectivity index (χ1n) is 8.92. The molecule has 0 aromatic heterocycles. The van der Waals surface area contributed by atoms with Crippen LogP contribution < -0.4 is 0 Å². The molecule has 1 rings (SSSR count). The smallest absolute Gasteiger partial charge is 0.317 e. The van der Waals surface area contributed by atoms with Gasteiger partial charge in [-0.15, -0.1) is 0 Å². The SMILES string of the molecule is O=C(O)CN1CCN(CC(=O)O)CCN(CC(=O)O)CCN(CC(=O)O)CC1.[Zn]. The standard InChI is InChI=1S/C16H28N4O8.Zn/c21-13(22)9-17-1-2-18(10-14(23)24)5-6-20(12-16(27)28)8-7-19(4-3-17)11-15(25)26;/h1-12H2,(H,21,22)(H,23,24)(H,25,26)(H,27,28);. The summed E-state index contributed by atoms with van der Waals surface area (Å²) in [6.45, 7) is 1.52. The summed E-state index contributed by atoms with van der Waals surface area (Å²) in [7, 11) is 0. The van der Waals surface area contributed by atoms with Gasteiger partial charge in [0.2, 0.25) is 0 Å². The Balaban J connectivity index is 0.00000784. The number of carboxylic acids is 4. The molecule has 0 aliphatic carbocycles. The number of carboxylic acid groups (broad SMARTS) is 4. The second-order valence-electron chi connectivity index (χ2n) is 6.68. The summed E-state index contributed by atoms with van der Waals surface area (Å²) in [5.41, 5.74) is 0. The monoisotopic (exact) mass is 468 g/mol. The van der Waals surface area contributed by atoms with Crippen LogP contribution in [-0.2, 0) is 38.7 Å². The van der Waals surface area contributed by atoms with E-state index < -0.39 is 23.9 Å². The number of nitrogens with zero attached hydrogens (tertiary/aromatic N) is 4. The molecule has 1 saturated heterocycles. The Morgan fingerprint density at radius 3 is 0.690 bits per heavy atom. The summed E-state index contributed by atoms with van der Waals surface area (Å²) in [6, 6.07) is 0. The Kier molecular flexibility index (Phi) is 13.5. The summed E-state index contributed by atoms with van der Waals surface area (Å²) in [5, 5.41) is 36.3. The number of carbonyl (C=O) groups is 4. The Bertz CT molecular complexity index is 453. The molecule has 29 heavy (non-hydrogen) atoms. The van der Waals surface area contributed by atoms with Gasteiger partial charge in [-0.2, -0.15) is 0 Å². The molecule has 0 aromatic rings. The van der Waals surface area contributed by atoms with E-state index >= 15 is 0 Å². The zero-order chi connectivity index (χ0) is 21.1. The van der Waals surface area contributed by atoms with Gasteiger partial charge in [-0.05, 0) is 0 Å². The third-order valence-corrected chi connectivity index (χ3v) is 4.37.